The van der Waals surface area contributed by atoms with Gasteiger partial charge in [-0.05, 0) is 60.2 Å². The second kappa shape index (κ2) is 7.89. The van der Waals surface area contributed by atoms with Crippen molar-refractivity contribution in [3.05, 3.63) is 75.8 Å². The molecule has 140 valence electrons. The van der Waals surface area contributed by atoms with Crippen molar-refractivity contribution in [2.75, 3.05) is 11.9 Å². The van der Waals surface area contributed by atoms with Crippen LogP contribution in [0, 0.1) is 5.92 Å². The summed E-state index contributed by atoms with van der Waals surface area (Å²) in [6.07, 6.45) is 7.53. The lowest BCUT2D eigenvalue weighted by Gasteiger charge is -2.37. The molecule has 1 aliphatic carbocycles. The number of hydrogen-bond acceptors (Lipinski definition) is 3. The van der Waals surface area contributed by atoms with E-state index in [1.54, 1.807) is 0 Å². The number of anilines is 1. The molecule has 2 aliphatic rings. The van der Waals surface area contributed by atoms with Gasteiger partial charge in [0, 0.05) is 16.1 Å². The number of rotatable bonds is 5. The van der Waals surface area contributed by atoms with Gasteiger partial charge in [-0.2, -0.15) is 0 Å². The van der Waals surface area contributed by atoms with Crippen LogP contribution >= 0.6 is 15.9 Å². The molecule has 2 aromatic rings. The molecule has 0 aromatic heterocycles. The Morgan fingerprint density at radius 2 is 2.04 bits per heavy atom. The summed E-state index contributed by atoms with van der Waals surface area (Å²) in [5.74, 6) is 0.572. The summed E-state index contributed by atoms with van der Waals surface area (Å²) in [4.78, 5) is 12.4. The predicted octanol–water partition coefficient (Wildman–Crippen LogP) is 6.23. The highest BCUT2D eigenvalue weighted by molar-refractivity contribution is 9.10. The highest BCUT2D eigenvalue weighted by Crippen LogP contribution is 2.50. The van der Waals surface area contributed by atoms with E-state index in [1.807, 2.05) is 18.2 Å². The normalized spacial score (nSPS) is 22.7. The number of esters is 1. The molecule has 3 unspecified atom stereocenters. The first-order chi connectivity index (χ1) is 13.2. The number of carbonyl (C=O) groups is 1. The number of carbonyl (C=O) groups excluding carboxylic acids is 1. The topological polar surface area (TPSA) is 38.3 Å². The van der Waals surface area contributed by atoms with Crippen LogP contribution in [0.1, 0.15) is 59.6 Å². The summed E-state index contributed by atoms with van der Waals surface area (Å²) in [6.45, 7) is 2.58. The van der Waals surface area contributed by atoms with Crippen LogP contribution < -0.4 is 5.32 Å². The first kappa shape index (κ1) is 18.3. The zero-order valence-electron chi connectivity index (χ0n) is 15.5. The van der Waals surface area contributed by atoms with Gasteiger partial charge in [0.05, 0.1) is 18.2 Å². The summed E-state index contributed by atoms with van der Waals surface area (Å²) in [6, 6.07) is 14.7. The zero-order valence-corrected chi connectivity index (χ0v) is 17.0. The second-order valence-electron chi connectivity index (χ2n) is 7.32. The molecule has 0 bridgehead atoms. The van der Waals surface area contributed by atoms with Gasteiger partial charge >= 0.3 is 5.97 Å². The summed E-state index contributed by atoms with van der Waals surface area (Å²) < 4.78 is 6.48. The maximum atomic E-state index is 12.4. The van der Waals surface area contributed by atoms with Crippen LogP contribution in [-0.4, -0.2) is 12.6 Å². The third-order valence-corrected chi connectivity index (χ3v) is 6.09. The molecular formula is C23H24BrNO2. The molecule has 1 N–H and O–H groups in total. The fourth-order valence-electron chi connectivity index (χ4n) is 4.11. The first-order valence-corrected chi connectivity index (χ1v) is 10.5. The van der Waals surface area contributed by atoms with E-state index in [0.717, 1.165) is 29.4 Å². The fraction of sp³-hybridized carbons (Fsp3) is 0.348. The van der Waals surface area contributed by atoms with Crippen molar-refractivity contribution in [3.8, 4) is 0 Å². The SMILES string of the molecule is CCCCOC(=O)c1ccc2c(c1)C1C=CCC1C(c1ccc(Br)cc1)N2. The van der Waals surface area contributed by atoms with Gasteiger partial charge in [-0.1, -0.05) is 53.6 Å². The third kappa shape index (κ3) is 3.68. The Morgan fingerprint density at radius 3 is 2.81 bits per heavy atom. The van der Waals surface area contributed by atoms with Gasteiger partial charge in [-0.25, -0.2) is 4.79 Å². The summed E-state index contributed by atoms with van der Waals surface area (Å²) in [5.41, 5.74) is 4.26. The van der Waals surface area contributed by atoms with E-state index in [1.165, 1.54) is 11.1 Å². The molecule has 4 rings (SSSR count). The minimum Gasteiger partial charge on any atom is -0.462 e. The molecule has 0 fully saturated rings. The first-order valence-electron chi connectivity index (χ1n) is 9.67. The van der Waals surface area contributed by atoms with Gasteiger partial charge in [-0.3, -0.25) is 0 Å². The Bertz CT molecular complexity index is 859. The number of benzene rings is 2. The molecule has 4 heteroatoms. The molecule has 1 aliphatic heterocycles. The number of fused-ring (bicyclic) bond motifs is 3. The van der Waals surface area contributed by atoms with Gasteiger partial charge in [0.25, 0.3) is 0 Å². The lowest BCUT2D eigenvalue weighted by Crippen LogP contribution is -2.29. The van der Waals surface area contributed by atoms with Crippen LogP contribution in [-0.2, 0) is 4.74 Å². The molecule has 0 spiro atoms. The number of allylic oxidation sites excluding steroid dienone is 2. The van der Waals surface area contributed by atoms with Crippen LogP contribution in [0.25, 0.3) is 0 Å². The molecule has 0 saturated heterocycles. The van der Waals surface area contributed by atoms with Crippen LogP contribution in [0.3, 0.4) is 0 Å². The molecule has 1 heterocycles. The summed E-state index contributed by atoms with van der Waals surface area (Å²) >= 11 is 3.52. The zero-order chi connectivity index (χ0) is 18.8. The van der Waals surface area contributed by atoms with Gasteiger partial charge in [-0.15, -0.1) is 0 Å². The number of unbranched alkanes of at least 4 members (excludes halogenated alkanes) is 1. The lowest BCUT2D eigenvalue weighted by atomic mass is 9.76. The molecular weight excluding hydrogens is 402 g/mol. The molecule has 3 nitrogen and oxygen atoms in total. The van der Waals surface area contributed by atoms with Crippen molar-refractivity contribution >= 4 is 27.6 Å². The van der Waals surface area contributed by atoms with E-state index in [0.29, 0.717) is 24.0 Å². The van der Waals surface area contributed by atoms with Crippen LogP contribution in [0.15, 0.2) is 59.1 Å². The van der Waals surface area contributed by atoms with Crippen molar-refractivity contribution < 1.29 is 9.53 Å². The minimum absolute atomic E-state index is 0.222. The van der Waals surface area contributed by atoms with Gasteiger partial charge in [0.15, 0.2) is 0 Å². The van der Waals surface area contributed by atoms with E-state index in [2.05, 4.69) is 64.6 Å². The average molecular weight is 426 g/mol. The van der Waals surface area contributed by atoms with E-state index >= 15 is 0 Å². The van der Waals surface area contributed by atoms with Crippen molar-refractivity contribution in [3.63, 3.8) is 0 Å². The Morgan fingerprint density at radius 1 is 1.22 bits per heavy atom. The van der Waals surface area contributed by atoms with Crippen molar-refractivity contribution in [1.29, 1.82) is 0 Å². The molecule has 27 heavy (non-hydrogen) atoms. The maximum absolute atomic E-state index is 12.4. The van der Waals surface area contributed by atoms with Crippen LogP contribution in [0.2, 0.25) is 0 Å². The smallest absolute Gasteiger partial charge is 0.338 e. The number of ether oxygens (including phenoxy) is 1. The fourth-order valence-corrected chi connectivity index (χ4v) is 4.38. The highest BCUT2D eigenvalue weighted by atomic mass is 79.9. The Kier molecular flexibility index (Phi) is 5.35. The van der Waals surface area contributed by atoms with Crippen molar-refractivity contribution in [2.24, 2.45) is 5.92 Å². The van der Waals surface area contributed by atoms with E-state index < -0.39 is 0 Å². The van der Waals surface area contributed by atoms with Crippen molar-refractivity contribution in [2.45, 2.75) is 38.1 Å². The molecule has 3 atom stereocenters. The van der Waals surface area contributed by atoms with Gasteiger partial charge in [0.2, 0.25) is 0 Å². The second-order valence-corrected chi connectivity index (χ2v) is 8.23. The van der Waals surface area contributed by atoms with Crippen LogP contribution in [0.4, 0.5) is 5.69 Å². The standard InChI is InChI=1S/C23H24BrNO2/c1-2-3-13-27-23(26)16-9-12-21-20(14-16)18-5-4-6-19(18)22(25-21)15-7-10-17(24)11-8-15/h4-5,7-12,14,18-19,22,25H,2-3,6,13H2,1H3. The minimum atomic E-state index is -0.222. The van der Waals surface area contributed by atoms with E-state index in [-0.39, 0.29) is 12.0 Å². The molecule has 2 aromatic carbocycles. The average Bonchev–Trinajstić information content (AvgIpc) is 3.18. The van der Waals surface area contributed by atoms with Gasteiger partial charge in [0.1, 0.15) is 0 Å². The van der Waals surface area contributed by atoms with Crippen LogP contribution in [0.5, 0.6) is 0 Å². The number of hydrogen-bond donors (Lipinski definition) is 1. The summed E-state index contributed by atoms with van der Waals surface area (Å²) in [5, 5.41) is 3.72. The molecule has 0 radical (unpaired) electrons. The highest BCUT2D eigenvalue weighted by Gasteiger charge is 2.38. The Balaban J connectivity index is 1.61. The predicted molar refractivity (Wildman–Crippen MR) is 112 cm³/mol. The Hall–Kier alpha value is -2.07. The quantitative estimate of drug-likeness (QED) is 0.350. The molecule has 0 amide bonds. The maximum Gasteiger partial charge on any atom is 0.338 e. The summed E-state index contributed by atoms with van der Waals surface area (Å²) in [7, 11) is 0. The molecule has 0 saturated carbocycles. The lowest BCUT2D eigenvalue weighted by molar-refractivity contribution is 0.0499. The van der Waals surface area contributed by atoms with E-state index in [9.17, 15) is 4.79 Å². The van der Waals surface area contributed by atoms with E-state index in [4.69, 9.17) is 4.74 Å². The number of halogens is 1. The van der Waals surface area contributed by atoms with Crippen molar-refractivity contribution in [1.82, 2.24) is 0 Å². The monoisotopic (exact) mass is 425 g/mol. The van der Waals surface area contributed by atoms with Gasteiger partial charge < -0.3 is 10.1 Å². The third-order valence-electron chi connectivity index (χ3n) is 5.56. The Labute approximate surface area is 168 Å². The number of nitrogens with one attached hydrogen (secondary N) is 1. The largest absolute Gasteiger partial charge is 0.462 e.